The topological polar surface area (TPSA) is 48.0 Å². The van der Waals surface area contributed by atoms with Crippen LogP contribution in [-0.2, 0) is 19.2 Å². The van der Waals surface area contributed by atoms with Crippen LogP contribution in [0.5, 0.6) is 0 Å². The predicted molar refractivity (Wildman–Crippen MR) is 60.2 cm³/mol. The SMILES string of the molecule is C=CC1=CCC2C(C(=O)OC)=CON(OC)C12. The largest absolute Gasteiger partial charge is 0.466 e. The van der Waals surface area contributed by atoms with Gasteiger partial charge in [0.25, 0.3) is 0 Å². The summed E-state index contributed by atoms with van der Waals surface area (Å²) in [6.07, 6.45) is 5.91. The molecule has 0 N–H and O–H groups in total. The molecule has 0 aromatic heterocycles. The molecule has 2 atom stereocenters. The summed E-state index contributed by atoms with van der Waals surface area (Å²) < 4.78 is 4.74. The third-order valence-electron chi connectivity index (χ3n) is 3.08. The molecule has 0 saturated heterocycles. The Bertz CT molecular complexity index is 399. The maximum atomic E-state index is 11.6. The van der Waals surface area contributed by atoms with E-state index < -0.39 is 0 Å². The average Bonchev–Trinajstić information content (AvgIpc) is 2.80. The van der Waals surface area contributed by atoms with E-state index in [0.717, 1.165) is 12.0 Å². The van der Waals surface area contributed by atoms with Gasteiger partial charge in [-0.1, -0.05) is 18.7 Å². The standard InChI is InChI=1S/C12H15NO4/c1-4-8-5-6-9-10(12(14)15-2)7-17-13(16-3)11(8)9/h4-5,7,9,11H,1,6H2,2-3H3. The Kier molecular flexibility index (Phi) is 3.31. The van der Waals surface area contributed by atoms with Crippen LogP contribution in [0.2, 0.25) is 0 Å². The summed E-state index contributed by atoms with van der Waals surface area (Å²) in [6, 6.07) is -0.142. The highest BCUT2D eigenvalue weighted by atomic mass is 16.9. The van der Waals surface area contributed by atoms with Gasteiger partial charge in [-0.05, 0) is 17.2 Å². The monoisotopic (exact) mass is 237 g/mol. The van der Waals surface area contributed by atoms with Gasteiger partial charge in [0, 0.05) is 5.92 Å². The summed E-state index contributed by atoms with van der Waals surface area (Å²) in [5.74, 6) is -0.376. The molecule has 0 saturated carbocycles. The highest BCUT2D eigenvalue weighted by Gasteiger charge is 2.43. The summed E-state index contributed by atoms with van der Waals surface area (Å²) in [6.45, 7) is 3.75. The zero-order valence-corrected chi connectivity index (χ0v) is 9.88. The first-order valence-corrected chi connectivity index (χ1v) is 5.34. The molecule has 2 rings (SSSR count). The minimum absolute atomic E-state index is 0.0100. The lowest BCUT2D eigenvalue weighted by Gasteiger charge is -2.34. The van der Waals surface area contributed by atoms with E-state index in [1.54, 1.807) is 6.08 Å². The van der Waals surface area contributed by atoms with E-state index in [0.29, 0.717) is 5.57 Å². The van der Waals surface area contributed by atoms with Gasteiger partial charge in [-0.25, -0.2) is 4.79 Å². The molecule has 0 spiro atoms. The van der Waals surface area contributed by atoms with Crippen molar-refractivity contribution in [2.24, 2.45) is 5.92 Å². The third-order valence-corrected chi connectivity index (χ3v) is 3.08. The minimum Gasteiger partial charge on any atom is -0.466 e. The normalized spacial score (nSPS) is 27.6. The van der Waals surface area contributed by atoms with E-state index in [2.05, 4.69) is 6.58 Å². The summed E-state index contributed by atoms with van der Waals surface area (Å²) in [7, 11) is 2.88. The number of carbonyl (C=O) groups is 1. The molecule has 92 valence electrons. The van der Waals surface area contributed by atoms with Gasteiger partial charge in [-0.2, -0.15) is 0 Å². The van der Waals surface area contributed by atoms with Crippen LogP contribution in [-0.4, -0.2) is 31.5 Å². The van der Waals surface area contributed by atoms with Crippen molar-refractivity contribution in [3.05, 3.63) is 36.1 Å². The van der Waals surface area contributed by atoms with Crippen LogP contribution in [0.1, 0.15) is 6.42 Å². The van der Waals surface area contributed by atoms with E-state index in [4.69, 9.17) is 14.4 Å². The zero-order valence-electron chi connectivity index (χ0n) is 9.88. The van der Waals surface area contributed by atoms with E-state index in [9.17, 15) is 4.79 Å². The van der Waals surface area contributed by atoms with Crippen LogP contribution >= 0.6 is 0 Å². The molecule has 0 radical (unpaired) electrons. The summed E-state index contributed by atoms with van der Waals surface area (Å²) >= 11 is 0. The van der Waals surface area contributed by atoms with Crippen molar-refractivity contribution in [2.45, 2.75) is 12.5 Å². The molecule has 1 aliphatic carbocycles. The number of rotatable bonds is 3. The number of esters is 1. The van der Waals surface area contributed by atoms with Crippen LogP contribution in [0.15, 0.2) is 36.1 Å². The number of carbonyl (C=O) groups excluding carboxylic acids is 1. The lowest BCUT2D eigenvalue weighted by molar-refractivity contribution is -0.354. The molecule has 0 aromatic rings. The van der Waals surface area contributed by atoms with Crippen molar-refractivity contribution >= 4 is 5.97 Å². The van der Waals surface area contributed by atoms with Crippen molar-refractivity contribution in [3.8, 4) is 0 Å². The zero-order chi connectivity index (χ0) is 12.4. The van der Waals surface area contributed by atoms with Gasteiger partial charge in [0.1, 0.15) is 12.3 Å². The van der Waals surface area contributed by atoms with Crippen molar-refractivity contribution in [1.29, 1.82) is 0 Å². The molecule has 0 fully saturated rings. The second-order valence-corrected chi connectivity index (χ2v) is 3.83. The smallest absolute Gasteiger partial charge is 0.337 e. The van der Waals surface area contributed by atoms with Crippen LogP contribution in [0.3, 0.4) is 0 Å². The van der Waals surface area contributed by atoms with Crippen LogP contribution in [0.25, 0.3) is 0 Å². The Hall–Kier alpha value is -1.59. The summed E-state index contributed by atoms with van der Waals surface area (Å²) in [4.78, 5) is 22.0. The Balaban J connectivity index is 2.30. The third kappa shape index (κ3) is 1.87. The quantitative estimate of drug-likeness (QED) is 0.693. The van der Waals surface area contributed by atoms with Crippen molar-refractivity contribution in [1.82, 2.24) is 5.23 Å². The number of hydrogen-bond donors (Lipinski definition) is 0. The lowest BCUT2D eigenvalue weighted by atomic mass is 9.91. The van der Waals surface area contributed by atoms with Crippen LogP contribution in [0, 0.1) is 5.92 Å². The first-order valence-electron chi connectivity index (χ1n) is 5.34. The molecule has 2 aliphatic rings. The van der Waals surface area contributed by atoms with E-state index >= 15 is 0 Å². The number of allylic oxidation sites excluding steroid dienone is 1. The fourth-order valence-corrected chi connectivity index (χ4v) is 2.25. The number of fused-ring (bicyclic) bond motifs is 1. The number of nitrogens with zero attached hydrogens (tertiary/aromatic N) is 1. The van der Waals surface area contributed by atoms with Gasteiger partial charge < -0.3 is 9.57 Å². The van der Waals surface area contributed by atoms with Gasteiger partial charge in [-0.3, -0.25) is 4.84 Å². The second kappa shape index (κ2) is 4.73. The Morgan fingerprint density at radius 3 is 3.00 bits per heavy atom. The molecule has 0 aromatic carbocycles. The molecular weight excluding hydrogens is 222 g/mol. The van der Waals surface area contributed by atoms with Gasteiger partial charge in [0.2, 0.25) is 0 Å². The summed E-state index contributed by atoms with van der Waals surface area (Å²) in [5.41, 5.74) is 1.52. The first-order chi connectivity index (χ1) is 8.22. The molecule has 2 unspecified atom stereocenters. The van der Waals surface area contributed by atoms with Crippen LogP contribution < -0.4 is 0 Å². The minimum atomic E-state index is -0.366. The molecule has 1 aliphatic heterocycles. The molecule has 5 heteroatoms. The summed E-state index contributed by atoms with van der Waals surface area (Å²) in [5, 5.41) is 1.37. The van der Waals surface area contributed by atoms with E-state index in [1.165, 1.54) is 25.7 Å². The highest BCUT2D eigenvalue weighted by molar-refractivity contribution is 5.89. The van der Waals surface area contributed by atoms with Crippen molar-refractivity contribution in [2.75, 3.05) is 14.2 Å². The number of hydrogen-bond acceptors (Lipinski definition) is 5. The number of hydroxylamine groups is 2. The van der Waals surface area contributed by atoms with Gasteiger partial charge in [-0.15, -0.1) is 0 Å². The highest BCUT2D eigenvalue weighted by Crippen LogP contribution is 2.39. The maximum Gasteiger partial charge on any atom is 0.337 e. The fourth-order valence-electron chi connectivity index (χ4n) is 2.25. The van der Waals surface area contributed by atoms with Crippen molar-refractivity contribution in [3.63, 3.8) is 0 Å². The Morgan fingerprint density at radius 1 is 1.65 bits per heavy atom. The van der Waals surface area contributed by atoms with E-state index in [-0.39, 0.29) is 17.9 Å². The van der Waals surface area contributed by atoms with Gasteiger partial charge in [0.15, 0.2) is 0 Å². The number of ether oxygens (including phenoxy) is 1. The number of methoxy groups -OCH3 is 1. The first kappa shape index (κ1) is 11.9. The van der Waals surface area contributed by atoms with E-state index in [1.807, 2.05) is 6.08 Å². The maximum absolute atomic E-state index is 11.6. The molecule has 0 bridgehead atoms. The molecule has 0 amide bonds. The van der Waals surface area contributed by atoms with Crippen molar-refractivity contribution < 1.29 is 19.2 Å². The second-order valence-electron chi connectivity index (χ2n) is 3.83. The average molecular weight is 237 g/mol. The Morgan fingerprint density at radius 2 is 2.41 bits per heavy atom. The molecule has 5 nitrogen and oxygen atoms in total. The van der Waals surface area contributed by atoms with Crippen LogP contribution in [0.4, 0.5) is 0 Å². The predicted octanol–water partition coefficient (Wildman–Crippen LogP) is 1.35. The lowest BCUT2D eigenvalue weighted by Crippen LogP contribution is -2.43. The van der Waals surface area contributed by atoms with Gasteiger partial charge in [0.05, 0.1) is 19.8 Å². The Labute approximate surface area is 99.8 Å². The fraction of sp³-hybridized carbons (Fsp3) is 0.417. The molecular formula is C12H15NO4. The molecule has 17 heavy (non-hydrogen) atoms. The molecule has 1 heterocycles. The van der Waals surface area contributed by atoms with Gasteiger partial charge >= 0.3 is 5.97 Å².